The fourth-order valence-electron chi connectivity index (χ4n) is 2.49. The highest BCUT2D eigenvalue weighted by Gasteiger charge is 2.12. The molecule has 4 rings (SSSR count). The first-order valence-corrected chi connectivity index (χ1v) is 7.22. The van der Waals surface area contributed by atoms with Crippen LogP contribution >= 0.6 is 0 Å². The van der Waals surface area contributed by atoms with Gasteiger partial charge in [-0.2, -0.15) is 5.10 Å². The van der Waals surface area contributed by atoms with Gasteiger partial charge in [-0.3, -0.25) is 15.1 Å². The highest BCUT2D eigenvalue weighted by Crippen LogP contribution is 2.23. The van der Waals surface area contributed by atoms with Crippen molar-refractivity contribution < 1.29 is 0 Å². The number of nitrogens with one attached hydrogen (secondary N) is 1. The third kappa shape index (κ3) is 2.56. The van der Waals surface area contributed by atoms with Gasteiger partial charge in [0.15, 0.2) is 0 Å². The van der Waals surface area contributed by atoms with Crippen molar-refractivity contribution in [3.8, 4) is 11.1 Å². The largest absolute Gasteiger partial charge is 0.319 e. The van der Waals surface area contributed by atoms with E-state index in [0.29, 0.717) is 0 Å². The van der Waals surface area contributed by atoms with E-state index in [9.17, 15) is 0 Å². The molecule has 0 radical (unpaired) electrons. The first-order valence-electron chi connectivity index (χ1n) is 7.22. The summed E-state index contributed by atoms with van der Waals surface area (Å²) in [4.78, 5) is 13.2. The van der Waals surface area contributed by atoms with Crippen molar-refractivity contribution in [3.05, 3.63) is 72.6 Å². The van der Waals surface area contributed by atoms with Gasteiger partial charge in [0.25, 0.3) is 0 Å². The molecule has 6 nitrogen and oxygen atoms in total. The van der Waals surface area contributed by atoms with Crippen molar-refractivity contribution in [1.82, 2.24) is 25.1 Å². The van der Waals surface area contributed by atoms with E-state index in [1.54, 1.807) is 24.8 Å². The molecule has 23 heavy (non-hydrogen) atoms. The van der Waals surface area contributed by atoms with Crippen molar-refractivity contribution in [1.29, 1.82) is 0 Å². The number of aromatic amines is 1. The molecule has 3 N–H and O–H groups in total. The van der Waals surface area contributed by atoms with Crippen LogP contribution in [0.25, 0.3) is 22.2 Å². The molecule has 0 spiro atoms. The zero-order valence-corrected chi connectivity index (χ0v) is 12.2. The normalized spacial score (nSPS) is 12.4. The second kappa shape index (κ2) is 5.58. The number of hydrogen-bond donors (Lipinski definition) is 2. The summed E-state index contributed by atoms with van der Waals surface area (Å²) in [7, 11) is 0. The maximum Gasteiger partial charge on any atom is 0.0893 e. The van der Waals surface area contributed by atoms with Crippen LogP contribution in [0.5, 0.6) is 0 Å². The monoisotopic (exact) mass is 302 g/mol. The standard InChI is InChI=1S/C17H14N6/c18-17(12-2-1-5-19-7-12)16-10-20-15-6-11(3-4-14(15)23-16)13-8-21-22-9-13/h1-10,17H,18H2,(H,21,22). The predicted octanol–water partition coefficient (Wildman–Crippen LogP) is 2.46. The summed E-state index contributed by atoms with van der Waals surface area (Å²) in [5.41, 5.74) is 11.6. The Morgan fingerprint density at radius 1 is 1.00 bits per heavy atom. The fraction of sp³-hybridized carbons (Fsp3) is 0.0588. The van der Waals surface area contributed by atoms with Crippen LogP contribution in [-0.2, 0) is 0 Å². The lowest BCUT2D eigenvalue weighted by molar-refractivity contribution is 0.822. The molecule has 0 bridgehead atoms. The smallest absolute Gasteiger partial charge is 0.0893 e. The fourth-order valence-corrected chi connectivity index (χ4v) is 2.49. The van der Waals surface area contributed by atoms with E-state index in [-0.39, 0.29) is 6.04 Å². The third-order valence-corrected chi connectivity index (χ3v) is 3.75. The van der Waals surface area contributed by atoms with Gasteiger partial charge in [-0.05, 0) is 29.3 Å². The number of pyridine rings is 1. The van der Waals surface area contributed by atoms with Crippen LogP contribution in [0.4, 0.5) is 0 Å². The van der Waals surface area contributed by atoms with E-state index in [1.165, 1.54) is 0 Å². The van der Waals surface area contributed by atoms with E-state index >= 15 is 0 Å². The number of rotatable bonds is 3. The molecule has 1 atom stereocenters. The summed E-state index contributed by atoms with van der Waals surface area (Å²) in [6, 6.07) is 9.40. The number of benzene rings is 1. The van der Waals surface area contributed by atoms with Crippen LogP contribution in [-0.4, -0.2) is 25.1 Å². The van der Waals surface area contributed by atoms with Crippen molar-refractivity contribution >= 4 is 11.0 Å². The Hall–Kier alpha value is -3.12. The van der Waals surface area contributed by atoms with Gasteiger partial charge in [0.2, 0.25) is 0 Å². The van der Waals surface area contributed by atoms with Crippen LogP contribution in [0.15, 0.2) is 61.3 Å². The van der Waals surface area contributed by atoms with Crippen LogP contribution < -0.4 is 5.73 Å². The molecule has 0 saturated carbocycles. The maximum atomic E-state index is 6.26. The second-order valence-corrected chi connectivity index (χ2v) is 5.25. The summed E-state index contributed by atoms with van der Waals surface area (Å²) >= 11 is 0. The van der Waals surface area contributed by atoms with E-state index < -0.39 is 0 Å². The van der Waals surface area contributed by atoms with Crippen LogP contribution in [0.2, 0.25) is 0 Å². The van der Waals surface area contributed by atoms with E-state index in [0.717, 1.165) is 33.4 Å². The minimum Gasteiger partial charge on any atom is -0.319 e. The molecule has 1 unspecified atom stereocenters. The average molecular weight is 302 g/mol. The Balaban J connectivity index is 1.73. The van der Waals surface area contributed by atoms with Gasteiger partial charge < -0.3 is 5.73 Å². The van der Waals surface area contributed by atoms with Gasteiger partial charge in [-0.15, -0.1) is 0 Å². The second-order valence-electron chi connectivity index (χ2n) is 5.25. The molecule has 0 aliphatic heterocycles. The number of nitrogens with zero attached hydrogens (tertiary/aromatic N) is 4. The van der Waals surface area contributed by atoms with E-state index in [2.05, 4.69) is 25.1 Å². The van der Waals surface area contributed by atoms with E-state index in [1.807, 2.05) is 36.5 Å². The number of hydrogen-bond acceptors (Lipinski definition) is 5. The molecular formula is C17H14N6. The topological polar surface area (TPSA) is 93.4 Å². The van der Waals surface area contributed by atoms with Crippen LogP contribution in [0.1, 0.15) is 17.3 Å². The molecule has 4 aromatic rings. The molecule has 0 aliphatic carbocycles. The van der Waals surface area contributed by atoms with Crippen LogP contribution in [0.3, 0.4) is 0 Å². The van der Waals surface area contributed by atoms with Gasteiger partial charge in [-0.25, -0.2) is 4.98 Å². The molecule has 3 heterocycles. The Bertz CT molecular complexity index is 934. The summed E-state index contributed by atoms with van der Waals surface area (Å²) in [6.07, 6.45) is 8.82. The lowest BCUT2D eigenvalue weighted by Crippen LogP contribution is -2.14. The van der Waals surface area contributed by atoms with Crippen molar-refractivity contribution in [2.24, 2.45) is 5.73 Å². The molecule has 0 saturated heterocycles. The predicted molar refractivity (Wildman–Crippen MR) is 87.4 cm³/mol. The Morgan fingerprint density at radius 2 is 1.96 bits per heavy atom. The summed E-state index contributed by atoms with van der Waals surface area (Å²) < 4.78 is 0. The Morgan fingerprint density at radius 3 is 2.74 bits per heavy atom. The lowest BCUT2D eigenvalue weighted by Gasteiger charge is -2.11. The van der Waals surface area contributed by atoms with E-state index in [4.69, 9.17) is 5.73 Å². The highest BCUT2D eigenvalue weighted by molar-refractivity contribution is 5.81. The molecule has 112 valence electrons. The van der Waals surface area contributed by atoms with Gasteiger partial charge in [0.05, 0.1) is 35.2 Å². The highest BCUT2D eigenvalue weighted by atomic mass is 15.1. The zero-order valence-electron chi connectivity index (χ0n) is 12.2. The van der Waals surface area contributed by atoms with Crippen molar-refractivity contribution in [3.63, 3.8) is 0 Å². The number of nitrogens with two attached hydrogens (primary N) is 1. The number of fused-ring (bicyclic) bond motifs is 1. The minimum atomic E-state index is -0.339. The Labute approximate surface area is 132 Å². The minimum absolute atomic E-state index is 0.339. The molecule has 0 fully saturated rings. The van der Waals surface area contributed by atoms with Crippen molar-refractivity contribution in [2.75, 3.05) is 0 Å². The third-order valence-electron chi connectivity index (χ3n) is 3.75. The molecule has 1 aromatic carbocycles. The maximum absolute atomic E-state index is 6.26. The first kappa shape index (κ1) is 13.5. The quantitative estimate of drug-likeness (QED) is 0.606. The number of H-pyrrole nitrogens is 1. The average Bonchev–Trinajstić information content (AvgIpc) is 3.15. The SMILES string of the molecule is NC(c1cccnc1)c1cnc2cc(-c3cn[nH]c3)ccc2n1. The Kier molecular flexibility index (Phi) is 3.29. The summed E-state index contributed by atoms with van der Waals surface area (Å²) in [5.74, 6) is 0. The first-order chi connectivity index (χ1) is 11.3. The molecule has 3 aromatic heterocycles. The lowest BCUT2D eigenvalue weighted by atomic mass is 10.1. The summed E-state index contributed by atoms with van der Waals surface area (Å²) in [6.45, 7) is 0. The molecular weight excluding hydrogens is 288 g/mol. The van der Waals surface area contributed by atoms with Gasteiger partial charge in [-0.1, -0.05) is 12.1 Å². The van der Waals surface area contributed by atoms with Gasteiger partial charge in [0, 0.05) is 24.2 Å². The zero-order chi connectivity index (χ0) is 15.6. The van der Waals surface area contributed by atoms with Crippen LogP contribution in [0, 0.1) is 0 Å². The number of aromatic nitrogens is 5. The molecule has 6 heteroatoms. The van der Waals surface area contributed by atoms with Crippen molar-refractivity contribution in [2.45, 2.75) is 6.04 Å². The van der Waals surface area contributed by atoms with Gasteiger partial charge in [0.1, 0.15) is 0 Å². The molecule has 0 aliphatic rings. The van der Waals surface area contributed by atoms with Gasteiger partial charge >= 0.3 is 0 Å². The summed E-state index contributed by atoms with van der Waals surface area (Å²) in [5, 5.41) is 6.78. The molecule has 0 amide bonds.